The summed E-state index contributed by atoms with van der Waals surface area (Å²) in [7, 11) is 0. The van der Waals surface area contributed by atoms with E-state index >= 15 is 0 Å². The van der Waals surface area contributed by atoms with Crippen molar-refractivity contribution in [3.8, 4) is 0 Å². The standard InChI is InChI=1S/C12H24N2O/c1-10-7-14(8-11(2)15-10)9-12-3-5-13-6-4-12/h10-13H,3-9H2,1-2H3/t10-,11+. The molecule has 0 aliphatic carbocycles. The SMILES string of the molecule is C[C@@H]1CN(CC2CCNCC2)C[C@H](C)O1. The summed E-state index contributed by atoms with van der Waals surface area (Å²) in [5.74, 6) is 0.906. The van der Waals surface area contributed by atoms with Gasteiger partial charge in [0.05, 0.1) is 12.2 Å². The van der Waals surface area contributed by atoms with E-state index in [-0.39, 0.29) is 0 Å². The summed E-state index contributed by atoms with van der Waals surface area (Å²) in [5.41, 5.74) is 0. The summed E-state index contributed by atoms with van der Waals surface area (Å²) in [6, 6.07) is 0. The van der Waals surface area contributed by atoms with E-state index in [1.807, 2.05) is 0 Å². The maximum atomic E-state index is 5.75. The lowest BCUT2D eigenvalue weighted by Crippen LogP contribution is -2.48. The summed E-state index contributed by atoms with van der Waals surface area (Å²) in [6.07, 6.45) is 3.52. The summed E-state index contributed by atoms with van der Waals surface area (Å²) in [6.45, 7) is 10.3. The molecule has 0 spiro atoms. The first-order valence-corrected chi connectivity index (χ1v) is 6.32. The first-order chi connectivity index (χ1) is 7.24. The number of morpholine rings is 1. The molecule has 0 aromatic rings. The van der Waals surface area contributed by atoms with Crippen LogP contribution in [0.15, 0.2) is 0 Å². The molecule has 0 aromatic carbocycles. The minimum atomic E-state index is 0.412. The van der Waals surface area contributed by atoms with Crippen LogP contribution in [0.4, 0.5) is 0 Å². The van der Waals surface area contributed by atoms with Gasteiger partial charge in [0.25, 0.3) is 0 Å². The molecule has 15 heavy (non-hydrogen) atoms. The zero-order valence-electron chi connectivity index (χ0n) is 10.0. The van der Waals surface area contributed by atoms with Crippen LogP contribution in [0.2, 0.25) is 0 Å². The fraction of sp³-hybridized carbons (Fsp3) is 1.00. The van der Waals surface area contributed by atoms with Crippen molar-refractivity contribution < 1.29 is 4.74 Å². The monoisotopic (exact) mass is 212 g/mol. The highest BCUT2D eigenvalue weighted by molar-refractivity contribution is 4.78. The lowest BCUT2D eigenvalue weighted by molar-refractivity contribution is -0.0722. The van der Waals surface area contributed by atoms with Crippen molar-refractivity contribution in [2.45, 2.75) is 38.9 Å². The van der Waals surface area contributed by atoms with Gasteiger partial charge in [0.2, 0.25) is 0 Å². The van der Waals surface area contributed by atoms with Gasteiger partial charge in [-0.25, -0.2) is 0 Å². The molecule has 2 heterocycles. The lowest BCUT2D eigenvalue weighted by atomic mass is 9.97. The fourth-order valence-corrected chi connectivity index (χ4v) is 2.86. The number of ether oxygens (including phenoxy) is 1. The normalized spacial score (nSPS) is 35.6. The van der Waals surface area contributed by atoms with Crippen molar-refractivity contribution in [2.24, 2.45) is 5.92 Å². The summed E-state index contributed by atoms with van der Waals surface area (Å²) in [5, 5.41) is 3.43. The second-order valence-corrected chi connectivity index (χ2v) is 5.17. The molecular weight excluding hydrogens is 188 g/mol. The summed E-state index contributed by atoms with van der Waals surface area (Å²) >= 11 is 0. The van der Waals surface area contributed by atoms with Gasteiger partial charge in [-0.15, -0.1) is 0 Å². The Hall–Kier alpha value is -0.120. The minimum absolute atomic E-state index is 0.412. The molecule has 0 amide bonds. The lowest BCUT2D eigenvalue weighted by Gasteiger charge is -2.38. The van der Waals surface area contributed by atoms with E-state index < -0.39 is 0 Å². The van der Waals surface area contributed by atoms with Crippen molar-refractivity contribution in [3.63, 3.8) is 0 Å². The van der Waals surface area contributed by atoms with Gasteiger partial charge < -0.3 is 10.1 Å². The van der Waals surface area contributed by atoms with Crippen LogP contribution in [0.25, 0.3) is 0 Å². The smallest absolute Gasteiger partial charge is 0.0678 e. The van der Waals surface area contributed by atoms with E-state index in [1.165, 1.54) is 32.5 Å². The van der Waals surface area contributed by atoms with Crippen molar-refractivity contribution in [1.29, 1.82) is 0 Å². The Balaban J connectivity index is 1.77. The number of nitrogens with one attached hydrogen (secondary N) is 1. The second-order valence-electron chi connectivity index (χ2n) is 5.17. The zero-order valence-corrected chi connectivity index (χ0v) is 10.0. The van der Waals surface area contributed by atoms with Crippen LogP contribution in [0.1, 0.15) is 26.7 Å². The molecule has 0 bridgehead atoms. The van der Waals surface area contributed by atoms with E-state index in [9.17, 15) is 0 Å². The third-order valence-electron chi connectivity index (χ3n) is 3.47. The molecule has 1 N–H and O–H groups in total. The molecule has 3 heteroatoms. The molecular formula is C12H24N2O. The Morgan fingerprint density at radius 1 is 1.13 bits per heavy atom. The van der Waals surface area contributed by atoms with Crippen LogP contribution in [0.5, 0.6) is 0 Å². The Labute approximate surface area is 93.2 Å². The van der Waals surface area contributed by atoms with E-state index in [0.29, 0.717) is 12.2 Å². The predicted octanol–water partition coefficient (Wildman–Crippen LogP) is 1.10. The Kier molecular flexibility index (Phi) is 4.00. The van der Waals surface area contributed by atoms with Crippen LogP contribution in [0, 0.1) is 5.92 Å². The quantitative estimate of drug-likeness (QED) is 0.742. The third kappa shape index (κ3) is 3.44. The number of piperidine rings is 1. The van der Waals surface area contributed by atoms with Crippen LogP contribution in [-0.2, 0) is 4.74 Å². The molecule has 2 fully saturated rings. The topological polar surface area (TPSA) is 24.5 Å². The first-order valence-electron chi connectivity index (χ1n) is 6.32. The van der Waals surface area contributed by atoms with Crippen LogP contribution in [-0.4, -0.2) is 49.8 Å². The Morgan fingerprint density at radius 3 is 2.33 bits per heavy atom. The minimum Gasteiger partial charge on any atom is -0.373 e. The Bertz CT molecular complexity index is 182. The molecule has 0 unspecified atom stereocenters. The van der Waals surface area contributed by atoms with Crippen molar-refractivity contribution >= 4 is 0 Å². The van der Waals surface area contributed by atoms with Gasteiger partial charge in [0, 0.05) is 19.6 Å². The van der Waals surface area contributed by atoms with E-state index in [4.69, 9.17) is 4.74 Å². The molecule has 88 valence electrons. The molecule has 0 aromatic heterocycles. The van der Waals surface area contributed by atoms with Gasteiger partial charge in [-0.3, -0.25) is 4.90 Å². The highest BCUT2D eigenvalue weighted by atomic mass is 16.5. The number of hydrogen-bond donors (Lipinski definition) is 1. The molecule has 2 aliphatic rings. The van der Waals surface area contributed by atoms with Gasteiger partial charge in [0.15, 0.2) is 0 Å². The van der Waals surface area contributed by atoms with Crippen molar-refractivity contribution in [2.75, 3.05) is 32.7 Å². The summed E-state index contributed by atoms with van der Waals surface area (Å²) < 4.78 is 5.75. The second kappa shape index (κ2) is 5.28. The molecule has 2 saturated heterocycles. The third-order valence-corrected chi connectivity index (χ3v) is 3.47. The van der Waals surface area contributed by atoms with Crippen molar-refractivity contribution in [3.05, 3.63) is 0 Å². The van der Waals surface area contributed by atoms with E-state index in [2.05, 4.69) is 24.1 Å². The highest BCUT2D eigenvalue weighted by Crippen LogP contribution is 2.17. The summed E-state index contributed by atoms with van der Waals surface area (Å²) in [4.78, 5) is 2.59. The maximum Gasteiger partial charge on any atom is 0.0678 e. The number of nitrogens with zero attached hydrogens (tertiary/aromatic N) is 1. The molecule has 2 aliphatic heterocycles. The fourth-order valence-electron chi connectivity index (χ4n) is 2.86. The zero-order chi connectivity index (χ0) is 10.7. The largest absolute Gasteiger partial charge is 0.373 e. The van der Waals surface area contributed by atoms with Crippen LogP contribution in [0.3, 0.4) is 0 Å². The molecule has 2 rings (SSSR count). The average molecular weight is 212 g/mol. The number of rotatable bonds is 2. The first kappa shape index (κ1) is 11.4. The van der Waals surface area contributed by atoms with Gasteiger partial charge in [-0.2, -0.15) is 0 Å². The van der Waals surface area contributed by atoms with E-state index in [1.54, 1.807) is 0 Å². The predicted molar refractivity (Wildman–Crippen MR) is 62.0 cm³/mol. The molecule has 3 nitrogen and oxygen atoms in total. The van der Waals surface area contributed by atoms with Gasteiger partial charge in [-0.05, 0) is 45.7 Å². The molecule has 0 saturated carbocycles. The van der Waals surface area contributed by atoms with Crippen molar-refractivity contribution in [1.82, 2.24) is 10.2 Å². The Morgan fingerprint density at radius 2 is 1.73 bits per heavy atom. The highest BCUT2D eigenvalue weighted by Gasteiger charge is 2.24. The van der Waals surface area contributed by atoms with Gasteiger partial charge in [-0.1, -0.05) is 0 Å². The van der Waals surface area contributed by atoms with Gasteiger partial charge >= 0.3 is 0 Å². The maximum absolute atomic E-state index is 5.75. The van der Waals surface area contributed by atoms with E-state index in [0.717, 1.165) is 19.0 Å². The average Bonchev–Trinajstić information content (AvgIpc) is 2.17. The number of hydrogen-bond acceptors (Lipinski definition) is 3. The molecule has 0 radical (unpaired) electrons. The molecule has 2 atom stereocenters. The van der Waals surface area contributed by atoms with Crippen LogP contribution < -0.4 is 5.32 Å². The van der Waals surface area contributed by atoms with Gasteiger partial charge in [0.1, 0.15) is 0 Å². The van der Waals surface area contributed by atoms with Crippen LogP contribution >= 0.6 is 0 Å².